The molecule has 0 heterocycles. The van der Waals surface area contributed by atoms with Crippen LogP contribution in [0.5, 0.6) is 5.75 Å². The van der Waals surface area contributed by atoms with Crippen molar-refractivity contribution in [1.82, 2.24) is 9.62 Å². The van der Waals surface area contributed by atoms with Crippen molar-refractivity contribution >= 4 is 33.0 Å². The van der Waals surface area contributed by atoms with Crippen molar-refractivity contribution in [2.24, 2.45) is 0 Å². The number of hydrogen-bond donors (Lipinski definition) is 2. The Balaban J connectivity index is 3.19. The van der Waals surface area contributed by atoms with Crippen molar-refractivity contribution < 1.29 is 13.2 Å². The fourth-order valence-electron chi connectivity index (χ4n) is 1.49. The molecule has 1 rings (SSSR count). The van der Waals surface area contributed by atoms with Crippen LogP contribution in [0.15, 0.2) is 23.1 Å². The molecule has 0 unspecified atom stereocenters. The minimum absolute atomic E-state index is 0.0919. The molecule has 0 aliphatic heterocycles. The van der Waals surface area contributed by atoms with Gasteiger partial charge < -0.3 is 15.4 Å². The highest BCUT2D eigenvalue weighted by Gasteiger charge is 2.22. The fourth-order valence-corrected chi connectivity index (χ4v) is 2.83. The number of thiocarbonyl (C=S) groups is 1. The number of sulfonamides is 1. The van der Waals surface area contributed by atoms with Gasteiger partial charge >= 0.3 is 0 Å². The Kier molecular flexibility index (Phi) is 5.73. The third-order valence-corrected chi connectivity index (χ3v) is 4.60. The minimum Gasteiger partial charge on any atom is -0.495 e. The summed E-state index contributed by atoms with van der Waals surface area (Å²) in [4.78, 5) is 0.0919. The van der Waals surface area contributed by atoms with Gasteiger partial charge in [-0.25, -0.2) is 12.7 Å². The lowest BCUT2D eigenvalue weighted by Gasteiger charge is -2.16. The Morgan fingerprint density at radius 2 is 2.05 bits per heavy atom. The average Bonchev–Trinajstić information content (AvgIpc) is 2.38. The molecule has 0 saturated heterocycles. The summed E-state index contributed by atoms with van der Waals surface area (Å²) in [6.45, 7) is 2.61. The predicted molar refractivity (Wildman–Crippen MR) is 83.8 cm³/mol. The normalized spacial score (nSPS) is 11.2. The van der Waals surface area contributed by atoms with Crippen LogP contribution >= 0.6 is 12.2 Å². The standard InChI is InChI=1S/C12H19N3O3S2/c1-5-13-12(19)14-9-6-7-10(18-4)11(8-9)20(16,17)15(2)3/h6-8H,5H2,1-4H3,(H2,13,14,19). The van der Waals surface area contributed by atoms with Gasteiger partial charge in [0.05, 0.1) is 7.11 Å². The van der Waals surface area contributed by atoms with Crippen molar-refractivity contribution in [3.63, 3.8) is 0 Å². The molecule has 0 radical (unpaired) electrons. The topological polar surface area (TPSA) is 70.7 Å². The molecule has 0 bridgehead atoms. The van der Waals surface area contributed by atoms with Crippen LogP contribution in [0, 0.1) is 0 Å². The number of hydrogen-bond acceptors (Lipinski definition) is 4. The van der Waals surface area contributed by atoms with E-state index in [1.165, 1.54) is 27.3 Å². The number of rotatable bonds is 5. The van der Waals surface area contributed by atoms with Gasteiger partial charge in [-0.1, -0.05) is 0 Å². The Labute approximate surface area is 125 Å². The summed E-state index contributed by atoms with van der Waals surface area (Å²) in [6, 6.07) is 4.79. The van der Waals surface area contributed by atoms with Crippen LogP contribution in [0.4, 0.5) is 5.69 Å². The van der Waals surface area contributed by atoms with E-state index in [2.05, 4.69) is 10.6 Å². The quantitative estimate of drug-likeness (QED) is 0.797. The van der Waals surface area contributed by atoms with E-state index in [0.29, 0.717) is 23.1 Å². The van der Waals surface area contributed by atoms with Gasteiger partial charge in [0, 0.05) is 26.3 Å². The van der Waals surface area contributed by atoms with Gasteiger partial charge in [-0.15, -0.1) is 0 Å². The summed E-state index contributed by atoms with van der Waals surface area (Å²) >= 11 is 5.07. The second-order valence-electron chi connectivity index (χ2n) is 4.14. The lowest BCUT2D eigenvalue weighted by Crippen LogP contribution is -2.28. The summed E-state index contributed by atoms with van der Waals surface area (Å²) in [6.07, 6.45) is 0. The van der Waals surface area contributed by atoms with Crippen molar-refractivity contribution in [2.45, 2.75) is 11.8 Å². The zero-order valence-corrected chi connectivity index (χ0v) is 13.6. The molecule has 1 aromatic carbocycles. The highest BCUT2D eigenvalue weighted by atomic mass is 32.2. The van der Waals surface area contributed by atoms with Crippen LogP contribution in [-0.2, 0) is 10.0 Å². The molecule has 8 heteroatoms. The molecule has 0 amide bonds. The van der Waals surface area contributed by atoms with E-state index in [1.807, 2.05) is 6.92 Å². The molecule has 0 aliphatic carbocycles. The summed E-state index contributed by atoms with van der Waals surface area (Å²) in [5.74, 6) is 0.290. The monoisotopic (exact) mass is 317 g/mol. The summed E-state index contributed by atoms with van der Waals surface area (Å²) < 4.78 is 30.7. The van der Waals surface area contributed by atoms with Crippen LogP contribution in [0.2, 0.25) is 0 Å². The first-order valence-corrected chi connectivity index (χ1v) is 7.83. The van der Waals surface area contributed by atoms with Crippen LogP contribution in [-0.4, -0.2) is 45.6 Å². The number of ether oxygens (including phenoxy) is 1. The average molecular weight is 317 g/mol. The lowest BCUT2D eigenvalue weighted by molar-refractivity contribution is 0.400. The molecule has 0 fully saturated rings. The van der Waals surface area contributed by atoms with Crippen molar-refractivity contribution in [2.75, 3.05) is 33.1 Å². The number of nitrogens with one attached hydrogen (secondary N) is 2. The van der Waals surface area contributed by atoms with E-state index >= 15 is 0 Å². The molecular formula is C12H19N3O3S2. The maximum absolute atomic E-state index is 12.2. The molecule has 1 aromatic rings. The van der Waals surface area contributed by atoms with E-state index < -0.39 is 10.0 Å². The largest absolute Gasteiger partial charge is 0.495 e. The van der Waals surface area contributed by atoms with Crippen LogP contribution in [0.3, 0.4) is 0 Å². The van der Waals surface area contributed by atoms with E-state index in [0.717, 1.165) is 4.31 Å². The maximum Gasteiger partial charge on any atom is 0.246 e. The maximum atomic E-state index is 12.2. The van der Waals surface area contributed by atoms with Gasteiger partial charge in [-0.05, 0) is 37.3 Å². The molecule has 0 spiro atoms. The molecule has 0 aromatic heterocycles. The minimum atomic E-state index is -3.59. The molecule has 2 N–H and O–H groups in total. The Morgan fingerprint density at radius 3 is 2.55 bits per heavy atom. The second kappa shape index (κ2) is 6.87. The number of methoxy groups -OCH3 is 1. The first kappa shape index (κ1) is 16.7. The molecule has 112 valence electrons. The Morgan fingerprint density at radius 1 is 1.40 bits per heavy atom. The smallest absolute Gasteiger partial charge is 0.246 e. The molecule has 0 saturated carbocycles. The van der Waals surface area contributed by atoms with Gasteiger partial charge in [0.25, 0.3) is 0 Å². The van der Waals surface area contributed by atoms with Gasteiger partial charge in [0.2, 0.25) is 10.0 Å². The highest BCUT2D eigenvalue weighted by Crippen LogP contribution is 2.28. The molecule has 0 aliphatic rings. The molecule has 20 heavy (non-hydrogen) atoms. The highest BCUT2D eigenvalue weighted by molar-refractivity contribution is 7.89. The van der Waals surface area contributed by atoms with E-state index in [-0.39, 0.29) is 4.90 Å². The van der Waals surface area contributed by atoms with Gasteiger partial charge in [0.15, 0.2) is 5.11 Å². The third kappa shape index (κ3) is 3.81. The van der Waals surface area contributed by atoms with Gasteiger partial charge in [0.1, 0.15) is 10.6 Å². The van der Waals surface area contributed by atoms with E-state index in [1.54, 1.807) is 12.1 Å². The Bertz CT molecular complexity index is 586. The predicted octanol–water partition coefficient (Wildman–Crippen LogP) is 1.25. The van der Waals surface area contributed by atoms with Gasteiger partial charge in [-0.3, -0.25) is 0 Å². The summed E-state index contributed by atoms with van der Waals surface area (Å²) in [7, 11) is 0.786. The van der Waals surface area contributed by atoms with E-state index in [9.17, 15) is 8.42 Å². The van der Waals surface area contributed by atoms with Crippen molar-refractivity contribution in [1.29, 1.82) is 0 Å². The molecule has 0 atom stereocenters. The summed E-state index contributed by atoms with van der Waals surface area (Å²) in [5, 5.41) is 6.30. The third-order valence-electron chi connectivity index (χ3n) is 2.52. The number of anilines is 1. The van der Waals surface area contributed by atoms with Crippen molar-refractivity contribution in [3.8, 4) is 5.75 Å². The fraction of sp³-hybridized carbons (Fsp3) is 0.417. The molecular weight excluding hydrogens is 298 g/mol. The first-order valence-electron chi connectivity index (χ1n) is 5.98. The second-order valence-corrected chi connectivity index (χ2v) is 6.67. The SMILES string of the molecule is CCNC(=S)Nc1ccc(OC)c(S(=O)(=O)N(C)C)c1. The van der Waals surface area contributed by atoms with Crippen LogP contribution < -0.4 is 15.4 Å². The van der Waals surface area contributed by atoms with Crippen molar-refractivity contribution in [3.05, 3.63) is 18.2 Å². The Hall–Kier alpha value is -1.38. The van der Waals surface area contributed by atoms with Crippen LogP contribution in [0.1, 0.15) is 6.92 Å². The summed E-state index contributed by atoms with van der Waals surface area (Å²) in [5.41, 5.74) is 0.581. The van der Waals surface area contributed by atoms with E-state index in [4.69, 9.17) is 17.0 Å². The zero-order chi connectivity index (χ0) is 15.3. The number of nitrogens with zero attached hydrogens (tertiary/aromatic N) is 1. The molecule has 6 nitrogen and oxygen atoms in total. The van der Waals surface area contributed by atoms with Crippen LogP contribution in [0.25, 0.3) is 0 Å². The zero-order valence-electron chi connectivity index (χ0n) is 11.9. The lowest BCUT2D eigenvalue weighted by atomic mass is 10.3. The first-order chi connectivity index (χ1) is 9.32. The number of benzene rings is 1. The van der Waals surface area contributed by atoms with Gasteiger partial charge in [-0.2, -0.15) is 0 Å².